The maximum absolute atomic E-state index is 12.5. The number of benzene rings is 2. The van der Waals surface area contributed by atoms with E-state index >= 15 is 0 Å². The van der Waals surface area contributed by atoms with E-state index in [1.165, 1.54) is 0 Å². The van der Waals surface area contributed by atoms with Crippen molar-refractivity contribution in [2.24, 2.45) is 0 Å². The van der Waals surface area contributed by atoms with Gasteiger partial charge in [0.15, 0.2) is 5.78 Å². The Bertz CT molecular complexity index is 1080. The van der Waals surface area contributed by atoms with Crippen LogP contribution >= 0.6 is 0 Å². The van der Waals surface area contributed by atoms with Crippen LogP contribution in [-0.2, 0) is 11.3 Å². The minimum Gasteiger partial charge on any atom is -0.494 e. The third-order valence-corrected chi connectivity index (χ3v) is 4.92. The number of aryl methyl sites for hydroxylation is 2. The van der Waals surface area contributed by atoms with Gasteiger partial charge in [-0.05, 0) is 68.3 Å². The van der Waals surface area contributed by atoms with Gasteiger partial charge < -0.3 is 14.8 Å². The van der Waals surface area contributed by atoms with Crippen LogP contribution in [-0.4, -0.2) is 23.3 Å². The van der Waals surface area contributed by atoms with E-state index in [1.54, 1.807) is 12.3 Å². The first-order valence-corrected chi connectivity index (χ1v) is 10.7. The summed E-state index contributed by atoms with van der Waals surface area (Å²) in [6, 6.07) is 16.7. The Morgan fingerprint density at radius 1 is 0.938 bits per heavy atom. The monoisotopic (exact) mass is 432 g/mol. The second kappa shape index (κ2) is 11.1. The number of aromatic nitrogens is 1. The number of carbonyl (C=O) groups is 2. The standard InChI is InChI=1S/C26H28N2O4/c1-4-31-21-7-9-22(10-8-21)32-26-16-20(13-14-27-26)17-28-25(30)12-11-24(29)23-15-18(2)5-6-19(23)3/h5-10,13-16H,4,11-12,17H2,1-3H3,(H,28,30). The molecule has 1 amide bonds. The molecule has 2 aromatic carbocycles. The zero-order chi connectivity index (χ0) is 22.9. The lowest BCUT2D eigenvalue weighted by Crippen LogP contribution is -2.23. The van der Waals surface area contributed by atoms with E-state index < -0.39 is 0 Å². The maximum Gasteiger partial charge on any atom is 0.220 e. The summed E-state index contributed by atoms with van der Waals surface area (Å²) in [5.41, 5.74) is 3.50. The van der Waals surface area contributed by atoms with Gasteiger partial charge in [-0.2, -0.15) is 0 Å². The smallest absolute Gasteiger partial charge is 0.220 e. The summed E-state index contributed by atoms with van der Waals surface area (Å²) in [6.07, 6.45) is 1.96. The molecule has 166 valence electrons. The van der Waals surface area contributed by atoms with Crippen LogP contribution in [0.15, 0.2) is 60.8 Å². The lowest BCUT2D eigenvalue weighted by atomic mass is 9.99. The van der Waals surface area contributed by atoms with Gasteiger partial charge in [0.25, 0.3) is 0 Å². The van der Waals surface area contributed by atoms with E-state index in [2.05, 4.69) is 10.3 Å². The number of carbonyl (C=O) groups excluding carboxylic acids is 2. The van der Waals surface area contributed by atoms with Crippen molar-refractivity contribution in [2.75, 3.05) is 6.61 Å². The van der Waals surface area contributed by atoms with Crippen LogP contribution in [0.25, 0.3) is 0 Å². The number of amides is 1. The quantitative estimate of drug-likeness (QED) is 0.447. The number of nitrogens with one attached hydrogen (secondary N) is 1. The summed E-state index contributed by atoms with van der Waals surface area (Å²) in [7, 11) is 0. The van der Waals surface area contributed by atoms with Crippen molar-refractivity contribution < 1.29 is 19.1 Å². The van der Waals surface area contributed by atoms with Crippen LogP contribution in [0, 0.1) is 13.8 Å². The first-order valence-electron chi connectivity index (χ1n) is 10.7. The third kappa shape index (κ3) is 6.67. The molecular formula is C26H28N2O4. The average Bonchev–Trinajstić information content (AvgIpc) is 2.79. The predicted molar refractivity (Wildman–Crippen MR) is 123 cm³/mol. The molecule has 0 aliphatic carbocycles. The summed E-state index contributed by atoms with van der Waals surface area (Å²) in [5.74, 6) is 1.67. The van der Waals surface area contributed by atoms with E-state index in [0.717, 1.165) is 22.4 Å². The number of ketones is 1. The summed E-state index contributed by atoms with van der Waals surface area (Å²) < 4.78 is 11.2. The van der Waals surface area contributed by atoms with Crippen molar-refractivity contribution >= 4 is 11.7 Å². The molecule has 0 saturated heterocycles. The number of hydrogen-bond acceptors (Lipinski definition) is 5. The molecule has 0 unspecified atom stereocenters. The van der Waals surface area contributed by atoms with E-state index in [9.17, 15) is 9.59 Å². The van der Waals surface area contributed by atoms with Crippen molar-refractivity contribution in [3.05, 3.63) is 83.0 Å². The molecule has 1 N–H and O–H groups in total. The molecule has 1 heterocycles. The molecular weight excluding hydrogens is 404 g/mol. The van der Waals surface area contributed by atoms with E-state index in [4.69, 9.17) is 9.47 Å². The van der Waals surface area contributed by atoms with Crippen molar-refractivity contribution in [2.45, 2.75) is 40.2 Å². The topological polar surface area (TPSA) is 77.5 Å². The Morgan fingerprint density at radius 2 is 1.69 bits per heavy atom. The zero-order valence-electron chi connectivity index (χ0n) is 18.7. The Labute approximate surface area is 188 Å². The Kier molecular flexibility index (Phi) is 7.97. The van der Waals surface area contributed by atoms with Gasteiger partial charge in [-0.25, -0.2) is 4.98 Å². The van der Waals surface area contributed by atoms with Crippen molar-refractivity contribution in [1.29, 1.82) is 0 Å². The molecule has 0 aliphatic heterocycles. The van der Waals surface area contributed by atoms with Gasteiger partial charge in [0, 0.05) is 37.2 Å². The first-order chi connectivity index (χ1) is 15.4. The minimum atomic E-state index is -0.172. The predicted octanol–water partition coefficient (Wildman–Crippen LogP) is 5.17. The normalized spacial score (nSPS) is 10.5. The Balaban J connectivity index is 1.49. The van der Waals surface area contributed by atoms with Crippen LogP contribution in [0.1, 0.15) is 46.8 Å². The van der Waals surface area contributed by atoms with Crippen LogP contribution in [0.4, 0.5) is 0 Å². The molecule has 3 aromatic rings. The highest BCUT2D eigenvalue weighted by molar-refractivity contribution is 5.99. The van der Waals surface area contributed by atoms with Gasteiger partial charge >= 0.3 is 0 Å². The first kappa shape index (κ1) is 23.0. The highest BCUT2D eigenvalue weighted by Crippen LogP contribution is 2.23. The van der Waals surface area contributed by atoms with E-state index in [1.807, 2.05) is 69.3 Å². The molecule has 6 nitrogen and oxygen atoms in total. The maximum atomic E-state index is 12.5. The fourth-order valence-corrected chi connectivity index (χ4v) is 3.19. The largest absolute Gasteiger partial charge is 0.494 e. The number of hydrogen-bond donors (Lipinski definition) is 1. The molecule has 0 fully saturated rings. The van der Waals surface area contributed by atoms with Crippen LogP contribution in [0.5, 0.6) is 17.4 Å². The number of rotatable bonds is 10. The van der Waals surface area contributed by atoms with Gasteiger partial charge in [0.05, 0.1) is 6.61 Å². The van der Waals surface area contributed by atoms with Crippen LogP contribution in [0.2, 0.25) is 0 Å². The second-order valence-electron chi connectivity index (χ2n) is 7.53. The molecule has 6 heteroatoms. The Morgan fingerprint density at radius 3 is 2.44 bits per heavy atom. The van der Waals surface area contributed by atoms with Gasteiger partial charge in [-0.1, -0.05) is 17.7 Å². The van der Waals surface area contributed by atoms with Gasteiger partial charge in [-0.15, -0.1) is 0 Å². The molecule has 3 rings (SSSR count). The molecule has 1 aromatic heterocycles. The molecule has 0 atom stereocenters. The summed E-state index contributed by atoms with van der Waals surface area (Å²) >= 11 is 0. The summed E-state index contributed by atoms with van der Waals surface area (Å²) in [5, 5.41) is 2.85. The van der Waals surface area contributed by atoms with Gasteiger partial charge in [0.2, 0.25) is 11.8 Å². The lowest BCUT2D eigenvalue weighted by molar-refractivity contribution is -0.121. The zero-order valence-corrected chi connectivity index (χ0v) is 18.7. The minimum absolute atomic E-state index is 0.0173. The fraction of sp³-hybridized carbons (Fsp3) is 0.269. The van der Waals surface area contributed by atoms with Crippen LogP contribution in [0.3, 0.4) is 0 Å². The average molecular weight is 433 g/mol. The third-order valence-electron chi connectivity index (χ3n) is 4.92. The molecule has 0 aliphatic rings. The fourth-order valence-electron chi connectivity index (χ4n) is 3.19. The van der Waals surface area contributed by atoms with E-state index in [0.29, 0.717) is 30.3 Å². The molecule has 0 radical (unpaired) electrons. The van der Waals surface area contributed by atoms with Gasteiger partial charge in [0.1, 0.15) is 11.5 Å². The number of ether oxygens (including phenoxy) is 2. The lowest BCUT2D eigenvalue weighted by Gasteiger charge is -2.09. The molecule has 0 saturated carbocycles. The highest BCUT2D eigenvalue weighted by Gasteiger charge is 2.12. The van der Waals surface area contributed by atoms with Gasteiger partial charge in [-0.3, -0.25) is 9.59 Å². The Hall–Kier alpha value is -3.67. The molecule has 0 bridgehead atoms. The summed E-state index contributed by atoms with van der Waals surface area (Å²) in [4.78, 5) is 28.9. The second-order valence-corrected chi connectivity index (χ2v) is 7.53. The van der Waals surface area contributed by atoms with Crippen molar-refractivity contribution in [1.82, 2.24) is 10.3 Å². The highest BCUT2D eigenvalue weighted by atomic mass is 16.5. The summed E-state index contributed by atoms with van der Waals surface area (Å²) in [6.45, 7) is 6.73. The molecule has 32 heavy (non-hydrogen) atoms. The van der Waals surface area contributed by atoms with Crippen LogP contribution < -0.4 is 14.8 Å². The molecule has 0 spiro atoms. The van der Waals surface area contributed by atoms with E-state index in [-0.39, 0.29) is 24.5 Å². The SMILES string of the molecule is CCOc1ccc(Oc2cc(CNC(=O)CCC(=O)c3cc(C)ccc3C)ccn2)cc1. The number of pyridine rings is 1. The number of nitrogens with zero attached hydrogens (tertiary/aromatic N) is 1. The van der Waals surface area contributed by atoms with Crippen molar-refractivity contribution in [3.63, 3.8) is 0 Å². The number of Topliss-reactive ketones (excluding diaryl/α,β-unsaturated/α-hetero) is 1. The van der Waals surface area contributed by atoms with Crippen molar-refractivity contribution in [3.8, 4) is 17.4 Å².